The first-order valence-corrected chi connectivity index (χ1v) is 7.26. The second-order valence-electron chi connectivity index (χ2n) is 4.97. The molecule has 0 fully saturated rings. The summed E-state index contributed by atoms with van der Waals surface area (Å²) in [5.74, 6) is 0.324. The van der Waals surface area contributed by atoms with Gasteiger partial charge in [-0.3, -0.25) is 0 Å². The maximum atomic E-state index is 11.6. The molecule has 0 aromatic carbocycles. The Morgan fingerprint density at radius 3 is 2.11 bits per heavy atom. The molecule has 0 radical (unpaired) electrons. The highest BCUT2D eigenvalue weighted by molar-refractivity contribution is 5.86. The topological polar surface area (TPSA) is 44.8 Å². The molecule has 1 rings (SSSR count). The molecule has 0 saturated heterocycles. The van der Waals surface area contributed by atoms with Crippen molar-refractivity contribution in [2.45, 2.75) is 71.5 Å². The number of methoxy groups -OCH3 is 1. The predicted octanol–water partition coefficient (Wildman–Crippen LogP) is 3.56. The van der Waals surface area contributed by atoms with Crippen molar-refractivity contribution in [2.75, 3.05) is 7.11 Å². The van der Waals surface area contributed by atoms with Crippen LogP contribution in [0.1, 0.15) is 59.3 Å². The molecule has 4 heteroatoms. The van der Waals surface area contributed by atoms with Crippen molar-refractivity contribution < 1.29 is 19.0 Å². The van der Waals surface area contributed by atoms with Gasteiger partial charge < -0.3 is 14.2 Å². The molecule has 0 saturated carbocycles. The molecule has 0 spiro atoms. The number of carbonyl (C=O) groups excluding carboxylic acids is 1. The number of allylic oxidation sites excluding steroid dienone is 1. The van der Waals surface area contributed by atoms with Crippen LogP contribution in [0, 0.1) is 0 Å². The lowest BCUT2D eigenvalue weighted by atomic mass is 10.0. The van der Waals surface area contributed by atoms with Crippen molar-refractivity contribution in [2.24, 2.45) is 0 Å². The highest BCUT2D eigenvalue weighted by Gasteiger charge is 2.34. The molecule has 0 aromatic rings. The smallest absolute Gasteiger partial charge is 0.376 e. The first-order valence-electron chi connectivity index (χ1n) is 7.26. The van der Waals surface area contributed by atoms with Crippen molar-refractivity contribution in [1.82, 2.24) is 0 Å². The normalized spacial score (nSPS) is 22.7. The van der Waals surface area contributed by atoms with Gasteiger partial charge in [0, 0.05) is 0 Å². The zero-order valence-corrected chi connectivity index (χ0v) is 12.5. The summed E-state index contributed by atoms with van der Waals surface area (Å²) in [5, 5.41) is 0. The van der Waals surface area contributed by atoms with Crippen LogP contribution in [-0.2, 0) is 19.0 Å². The Bertz CT molecular complexity index is 322. The molecule has 110 valence electrons. The third-order valence-corrected chi connectivity index (χ3v) is 3.39. The Morgan fingerprint density at radius 1 is 1.11 bits per heavy atom. The molecule has 0 aliphatic carbocycles. The monoisotopic (exact) mass is 270 g/mol. The molecule has 4 nitrogen and oxygen atoms in total. The Balaban J connectivity index is 2.76. The largest absolute Gasteiger partial charge is 0.487 e. The van der Waals surface area contributed by atoms with Gasteiger partial charge in [0.25, 0.3) is 0 Å². The molecule has 0 aromatic heterocycles. The van der Waals surface area contributed by atoms with Gasteiger partial charge in [-0.25, -0.2) is 4.79 Å². The number of esters is 1. The van der Waals surface area contributed by atoms with Gasteiger partial charge in [-0.1, -0.05) is 26.7 Å². The number of carbonyl (C=O) groups is 1. The van der Waals surface area contributed by atoms with Gasteiger partial charge >= 0.3 is 5.97 Å². The average molecular weight is 270 g/mol. The van der Waals surface area contributed by atoms with E-state index >= 15 is 0 Å². The van der Waals surface area contributed by atoms with Gasteiger partial charge in [0.15, 0.2) is 0 Å². The lowest BCUT2D eigenvalue weighted by Crippen LogP contribution is -2.37. The third-order valence-electron chi connectivity index (χ3n) is 3.39. The van der Waals surface area contributed by atoms with Gasteiger partial charge in [-0.05, 0) is 32.6 Å². The molecule has 1 aliphatic heterocycles. The summed E-state index contributed by atoms with van der Waals surface area (Å²) in [7, 11) is 1.36. The van der Waals surface area contributed by atoms with E-state index in [1.165, 1.54) is 7.11 Å². The van der Waals surface area contributed by atoms with E-state index in [0.29, 0.717) is 5.76 Å². The fourth-order valence-electron chi connectivity index (χ4n) is 2.25. The van der Waals surface area contributed by atoms with Gasteiger partial charge in [-0.2, -0.15) is 0 Å². The maximum absolute atomic E-state index is 11.6. The van der Waals surface area contributed by atoms with Crippen LogP contribution in [0.4, 0.5) is 0 Å². The Hall–Kier alpha value is -1.19. The molecule has 19 heavy (non-hydrogen) atoms. The number of rotatable bonds is 7. The summed E-state index contributed by atoms with van der Waals surface area (Å²) < 4.78 is 16.5. The summed E-state index contributed by atoms with van der Waals surface area (Å²) in [6, 6.07) is 0. The predicted molar refractivity (Wildman–Crippen MR) is 73.5 cm³/mol. The number of hydrogen-bond acceptors (Lipinski definition) is 4. The fourth-order valence-corrected chi connectivity index (χ4v) is 2.25. The molecular formula is C15H26O4. The highest BCUT2D eigenvalue weighted by Crippen LogP contribution is 2.29. The van der Waals surface area contributed by atoms with E-state index in [1.807, 2.05) is 0 Å². The molecule has 1 heterocycles. The number of hydrogen-bond donors (Lipinski definition) is 0. The van der Waals surface area contributed by atoms with Crippen LogP contribution in [0.2, 0.25) is 0 Å². The average Bonchev–Trinajstić information content (AvgIpc) is 2.43. The zero-order valence-electron chi connectivity index (χ0n) is 12.5. The second-order valence-corrected chi connectivity index (χ2v) is 4.97. The van der Waals surface area contributed by atoms with Gasteiger partial charge in [0.2, 0.25) is 5.76 Å². The summed E-state index contributed by atoms with van der Waals surface area (Å²) in [5.41, 5.74) is 0. The fraction of sp³-hybridized carbons (Fsp3) is 0.800. The van der Waals surface area contributed by atoms with E-state index in [2.05, 4.69) is 13.8 Å². The maximum Gasteiger partial charge on any atom is 0.376 e. The van der Waals surface area contributed by atoms with Crippen LogP contribution in [0.3, 0.4) is 0 Å². The van der Waals surface area contributed by atoms with Gasteiger partial charge in [-0.15, -0.1) is 0 Å². The minimum absolute atomic E-state index is 0.0377. The van der Waals surface area contributed by atoms with Crippen molar-refractivity contribution >= 4 is 5.97 Å². The molecule has 0 bridgehead atoms. The minimum Gasteiger partial charge on any atom is -0.487 e. The first kappa shape index (κ1) is 15.9. The molecular weight excluding hydrogens is 244 g/mol. The van der Waals surface area contributed by atoms with Crippen LogP contribution >= 0.6 is 0 Å². The molecule has 0 amide bonds. The number of unbranched alkanes of at least 4 members (excludes halogenated alkanes) is 2. The second kappa shape index (κ2) is 8.08. The van der Waals surface area contributed by atoms with Crippen LogP contribution in [-0.4, -0.2) is 25.3 Å². The summed E-state index contributed by atoms with van der Waals surface area (Å²) in [6.45, 7) is 6.07. The SMILES string of the molecule is CCCC[C@@H]1OC(C(=O)OC)=C(C)O[C@@H]1CCCC. The number of ether oxygens (including phenoxy) is 3. The van der Waals surface area contributed by atoms with E-state index in [1.54, 1.807) is 6.92 Å². The van der Waals surface area contributed by atoms with Crippen LogP contribution in [0.5, 0.6) is 0 Å². The van der Waals surface area contributed by atoms with Crippen LogP contribution < -0.4 is 0 Å². The standard InChI is InChI=1S/C15H26O4/c1-5-7-9-12-13(10-8-6-2)19-14(11(3)18-12)15(16)17-4/h12-13H,5-10H2,1-4H3/t12-,13+/m1/s1. The lowest BCUT2D eigenvalue weighted by molar-refractivity contribution is -0.148. The van der Waals surface area contributed by atoms with Gasteiger partial charge in [0.1, 0.15) is 18.0 Å². The highest BCUT2D eigenvalue weighted by atomic mass is 16.6. The van der Waals surface area contributed by atoms with E-state index in [9.17, 15) is 4.79 Å². The van der Waals surface area contributed by atoms with E-state index in [0.717, 1.165) is 38.5 Å². The molecule has 0 unspecified atom stereocenters. The van der Waals surface area contributed by atoms with E-state index < -0.39 is 5.97 Å². The van der Waals surface area contributed by atoms with Crippen molar-refractivity contribution in [3.63, 3.8) is 0 Å². The Kier molecular flexibility index (Phi) is 6.74. The summed E-state index contributed by atoms with van der Waals surface area (Å²) in [4.78, 5) is 11.6. The van der Waals surface area contributed by atoms with Crippen molar-refractivity contribution in [3.05, 3.63) is 11.5 Å². The summed E-state index contributed by atoms with van der Waals surface area (Å²) in [6.07, 6.45) is 6.32. The minimum atomic E-state index is -0.451. The Labute approximate surface area is 116 Å². The first-order chi connectivity index (χ1) is 9.13. The van der Waals surface area contributed by atoms with Gasteiger partial charge in [0.05, 0.1) is 7.11 Å². The molecule has 0 N–H and O–H groups in total. The van der Waals surface area contributed by atoms with Crippen LogP contribution in [0.25, 0.3) is 0 Å². The molecule has 2 atom stereocenters. The van der Waals surface area contributed by atoms with E-state index in [-0.39, 0.29) is 18.0 Å². The van der Waals surface area contributed by atoms with Crippen LogP contribution in [0.15, 0.2) is 11.5 Å². The lowest BCUT2D eigenvalue weighted by Gasteiger charge is -2.34. The van der Waals surface area contributed by atoms with Crippen molar-refractivity contribution in [3.8, 4) is 0 Å². The van der Waals surface area contributed by atoms with Crippen molar-refractivity contribution in [1.29, 1.82) is 0 Å². The Morgan fingerprint density at radius 2 is 1.63 bits per heavy atom. The quantitative estimate of drug-likeness (QED) is 0.664. The third kappa shape index (κ3) is 4.44. The van der Waals surface area contributed by atoms with E-state index in [4.69, 9.17) is 14.2 Å². The summed E-state index contributed by atoms with van der Waals surface area (Å²) >= 11 is 0. The molecule has 1 aliphatic rings. The zero-order chi connectivity index (χ0) is 14.3.